The Morgan fingerprint density at radius 3 is 2.71 bits per heavy atom. The maximum absolute atomic E-state index is 5.19. The highest BCUT2D eigenvalue weighted by Gasteiger charge is 2.09. The number of aryl methyl sites for hydroxylation is 1. The molecular weight excluding hydrogens is 172 g/mol. The van der Waals surface area contributed by atoms with Crippen LogP contribution >= 0.6 is 0 Å². The van der Waals surface area contributed by atoms with Crippen molar-refractivity contribution in [3.05, 3.63) is 35.4 Å². The second-order valence-electron chi connectivity index (χ2n) is 3.80. The van der Waals surface area contributed by atoms with Gasteiger partial charge < -0.3 is 4.74 Å². The smallest absolute Gasteiger partial charge is 0.119 e. The molecule has 0 heterocycles. The molecule has 0 fully saturated rings. The highest BCUT2D eigenvalue weighted by atomic mass is 16.5. The minimum Gasteiger partial charge on any atom is -0.497 e. The van der Waals surface area contributed by atoms with Crippen molar-refractivity contribution in [1.29, 1.82) is 0 Å². The third-order valence-electron chi connectivity index (χ3n) is 2.82. The Kier molecular flexibility index (Phi) is 2.58. The third kappa shape index (κ3) is 1.67. The van der Waals surface area contributed by atoms with Gasteiger partial charge in [-0.3, -0.25) is 0 Å². The van der Waals surface area contributed by atoms with Crippen LogP contribution in [-0.2, 0) is 0 Å². The van der Waals surface area contributed by atoms with Gasteiger partial charge in [-0.1, -0.05) is 12.1 Å². The summed E-state index contributed by atoms with van der Waals surface area (Å²) in [4.78, 5) is 0. The lowest BCUT2D eigenvalue weighted by Gasteiger charge is -2.08. The Morgan fingerprint density at radius 2 is 2.14 bits per heavy atom. The summed E-state index contributed by atoms with van der Waals surface area (Å²) in [5, 5.41) is 0. The van der Waals surface area contributed by atoms with Crippen molar-refractivity contribution in [2.24, 2.45) is 0 Å². The molecule has 0 bridgehead atoms. The molecule has 0 atom stereocenters. The molecule has 0 N–H and O–H groups in total. The first-order valence-corrected chi connectivity index (χ1v) is 5.15. The Balaban J connectivity index is 2.34. The molecule has 0 radical (unpaired) electrons. The van der Waals surface area contributed by atoms with Crippen LogP contribution in [0.2, 0.25) is 0 Å². The van der Waals surface area contributed by atoms with Gasteiger partial charge >= 0.3 is 0 Å². The number of methoxy groups -OCH3 is 1. The fourth-order valence-corrected chi connectivity index (χ4v) is 2.04. The van der Waals surface area contributed by atoms with E-state index >= 15 is 0 Å². The van der Waals surface area contributed by atoms with E-state index in [-0.39, 0.29) is 0 Å². The Hall–Kier alpha value is -1.24. The van der Waals surface area contributed by atoms with E-state index in [4.69, 9.17) is 4.74 Å². The molecule has 0 amide bonds. The summed E-state index contributed by atoms with van der Waals surface area (Å²) in [6, 6.07) is 6.32. The van der Waals surface area contributed by atoms with Crippen molar-refractivity contribution < 1.29 is 4.74 Å². The van der Waals surface area contributed by atoms with Crippen LogP contribution < -0.4 is 4.74 Å². The third-order valence-corrected chi connectivity index (χ3v) is 2.82. The second kappa shape index (κ2) is 3.87. The summed E-state index contributed by atoms with van der Waals surface area (Å²) in [6.07, 6.45) is 6.13. The summed E-state index contributed by atoms with van der Waals surface area (Å²) in [6.45, 7) is 2.15. The van der Waals surface area contributed by atoms with E-state index in [0.29, 0.717) is 0 Å². The fourth-order valence-electron chi connectivity index (χ4n) is 2.04. The van der Waals surface area contributed by atoms with Gasteiger partial charge in [0.2, 0.25) is 0 Å². The molecule has 1 aliphatic rings. The molecule has 1 nitrogen and oxygen atoms in total. The van der Waals surface area contributed by atoms with Crippen LogP contribution in [0.4, 0.5) is 0 Å². The van der Waals surface area contributed by atoms with E-state index in [1.165, 1.54) is 36.0 Å². The van der Waals surface area contributed by atoms with Crippen molar-refractivity contribution in [1.82, 2.24) is 0 Å². The van der Waals surface area contributed by atoms with Gasteiger partial charge in [-0.15, -0.1) is 0 Å². The molecule has 0 unspecified atom stereocenters. The van der Waals surface area contributed by atoms with E-state index in [1.54, 1.807) is 7.11 Å². The monoisotopic (exact) mass is 188 g/mol. The van der Waals surface area contributed by atoms with E-state index < -0.39 is 0 Å². The van der Waals surface area contributed by atoms with Gasteiger partial charge in [0, 0.05) is 0 Å². The number of allylic oxidation sites excluding steroid dienone is 2. The average Bonchev–Trinajstić information content (AvgIpc) is 2.70. The van der Waals surface area contributed by atoms with Gasteiger partial charge in [0.15, 0.2) is 0 Å². The number of hydrogen-bond donors (Lipinski definition) is 0. The normalized spacial score (nSPS) is 15.4. The minimum atomic E-state index is 0.949. The molecule has 2 rings (SSSR count). The topological polar surface area (TPSA) is 9.23 Å². The number of rotatable bonds is 2. The highest BCUT2D eigenvalue weighted by molar-refractivity contribution is 5.70. The first-order valence-electron chi connectivity index (χ1n) is 5.15. The van der Waals surface area contributed by atoms with Crippen LogP contribution in [0.15, 0.2) is 24.3 Å². The van der Waals surface area contributed by atoms with Gasteiger partial charge in [0.1, 0.15) is 5.75 Å². The van der Waals surface area contributed by atoms with Crippen LogP contribution in [0, 0.1) is 6.92 Å². The van der Waals surface area contributed by atoms with Gasteiger partial charge in [0.05, 0.1) is 7.11 Å². The molecule has 1 aromatic rings. The molecule has 0 saturated carbocycles. The van der Waals surface area contributed by atoms with E-state index in [2.05, 4.69) is 25.1 Å². The number of benzene rings is 1. The zero-order chi connectivity index (χ0) is 9.97. The van der Waals surface area contributed by atoms with Crippen LogP contribution in [0.1, 0.15) is 30.4 Å². The lowest BCUT2D eigenvalue weighted by atomic mass is 10.00. The van der Waals surface area contributed by atoms with Crippen molar-refractivity contribution in [2.75, 3.05) is 7.11 Å². The quantitative estimate of drug-likeness (QED) is 0.689. The summed E-state index contributed by atoms with van der Waals surface area (Å²) in [7, 11) is 1.71. The van der Waals surface area contributed by atoms with Gasteiger partial charge in [-0.2, -0.15) is 0 Å². The number of hydrogen-bond acceptors (Lipinski definition) is 1. The predicted octanol–water partition coefficient (Wildman–Crippen LogP) is 3.57. The zero-order valence-electron chi connectivity index (χ0n) is 8.84. The van der Waals surface area contributed by atoms with Gasteiger partial charge in [-0.25, -0.2) is 0 Å². The largest absolute Gasteiger partial charge is 0.497 e. The van der Waals surface area contributed by atoms with Crippen LogP contribution in [0.25, 0.3) is 5.57 Å². The predicted molar refractivity (Wildman–Crippen MR) is 59.6 cm³/mol. The lowest BCUT2D eigenvalue weighted by molar-refractivity contribution is 0.414. The maximum atomic E-state index is 5.19. The molecule has 0 spiro atoms. The summed E-state index contributed by atoms with van der Waals surface area (Å²) >= 11 is 0. The molecule has 0 aromatic heterocycles. The van der Waals surface area contributed by atoms with Crippen molar-refractivity contribution in [2.45, 2.75) is 26.2 Å². The fraction of sp³-hybridized carbons (Fsp3) is 0.385. The Labute approximate surface area is 85.4 Å². The average molecular weight is 188 g/mol. The molecule has 0 saturated heterocycles. The highest BCUT2D eigenvalue weighted by Crippen LogP contribution is 2.31. The van der Waals surface area contributed by atoms with Crippen LogP contribution in [0.3, 0.4) is 0 Å². The lowest BCUT2D eigenvalue weighted by Crippen LogP contribution is -1.89. The molecule has 14 heavy (non-hydrogen) atoms. The SMILES string of the molecule is COc1ccc(C2=CCCC2)c(C)c1. The van der Waals surface area contributed by atoms with Crippen molar-refractivity contribution in [3.8, 4) is 5.75 Å². The maximum Gasteiger partial charge on any atom is 0.119 e. The molecule has 0 aliphatic heterocycles. The molecular formula is C13H16O. The minimum absolute atomic E-state index is 0.949. The molecule has 1 heteroatoms. The molecule has 1 aliphatic carbocycles. The molecule has 1 aromatic carbocycles. The van der Waals surface area contributed by atoms with Crippen molar-refractivity contribution in [3.63, 3.8) is 0 Å². The van der Waals surface area contributed by atoms with E-state index in [0.717, 1.165) is 5.75 Å². The first-order chi connectivity index (χ1) is 6.81. The van der Waals surface area contributed by atoms with Gasteiger partial charge in [0.25, 0.3) is 0 Å². The van der Waals surface area contributed by atoms with Crippen LogP contribution in [-0.4, -0.2) is 7.11 Å². The molecule has 74 valence electrons. The second-order valence-corrected chi connectivity index (χ2v) is 3.80. The summed E-state index contributed by atoms with van der Waals surface area (Å²) in [5.74, 6) is 0.949. The zero-order valence-corrected chi connectivity index (χ0v) is 8.84. The number of ether oxygens (including phenoxy) is 1. The Morgan fingerprint density at radius 1 is 1.29 bits per heavy atom. The summed E-state index contributed by atoms with van der Waals surface area (Å²) < 4.78 is 5.19. The standard InChI is InChI=1S/C13H16O/c1-10-9-12(14-2)7-8-13(10)11-5-3-4-6-11/h5,7-9H,3-4,6H2,1-2H3. The van der Waals surface area contributed by atoms with Crippen molar-refractivity contribution >= 4 is 5.57 Å². The first kappa shape index (κ1) is 9.32. The summed E-state index contributed by atoms with van der Waals surface area (Å²) in [5.41, 5.74) is 4.21. The van der Waals surface area contributed by atoms with E-state index in [9.17, 15) is 0 Å². The van der Waals surface area contributed by atoms with E-state index in [1.807, 2.05) is 6.07 Å². The van der Waals surface area contributed by atoms with Gasteiger partial charge in [-0.05, 0) is 55.0 Å². The van der Waals surface area contributed by atoms with Crippen LogP contribution in [0.5, 0.6) is 5.75 Å². The Bertz CT molecular complexity index is 363.